The van der Waals surface area contributed by atoms with Crippen LogP contribution in [0.2, 0.25) is 0 Å². The summed E-state index contributed by atoms with van der Waals surface area (Å²) < 4.78 is 0. The molecule has 0 unspecified atom stereocenters. The van der Waals surface area contributed by atoms with Crippen LogP contribution in [-0.4, -0.2) is 17.6 Å². The first-order valence-electron chi connectivity index (χ1n) is 11.7. The molecular formula is C29H31NO2. The van der Waals surface area contributed by atoms with Gasteiger partial charge in [-0.3, -0.25) is 4.79 Å². The molecule has 0 saturated heterocycles. The number of hydrogen-bond donors (Lipinski definition) is 2. The Morgan fingerprint density at radius 3 is 2.50 bits per heavy atom. The molecule has 164 valence electrons. The standard InChI is InChI=1S/C29H31NO2/c1-2-3-4-5-10-29(32)30-18-17-28-26-9-7-6-8-21(26)14-16-27(28)24-12-11-23-20-25(31)15-13-22(23)19-24/h6-9,11-16,19-20,31H,2-5,10,17-18H2,1H3,(H,30,32). The van der Waals surface area contributed by atoms with Crippen molar-refractivity contribution in [1.29, 1.82) is 0 Å². The maximum atomic E-state index is 12.3. The molecule has 0 aliphatic heterocycles. The van der Waals surface area contributed by atoms with E-state index in [1.807, 2.05) is 6.07 Å². The average molecular weight is 426 g/mol. The number of fused-ring (bicyclic) bond motifs is 2. The van der Waals surface area contributed by atoms with E-state index in [1.54, 1.807) is 12.1 Å². The predicted octanol–water partition coefficient (Wildman–Crippen LogP) is 6.99. The van der Waals surface area contributed by atoms with Crippen molar-refractivity contribution < 1.29 is 9.90 Å². The number of rotatable bonds is 9. The van der Waals surface area contributed by atoms with E-state index in [4.69, 9.17) is 0 Å². The van der Waals surface area contributed by atoms with E-state index in [0.29, 0.717) is 13.0 Å². The average Bonchev–Trinajstić information content (AvgIpc) is 2.81. The fraction of sp³-hybridized carbons (Fsp3) is 0.276. The second-order valence-corrected chi connectivity index (χ2v) is 8.47. The highest BCUT2D eigenvalue weighted by atomic mass is 16.3. The normalized spacial score (nSPS) is 11.2. The minimum absolute atomic E-state index is 0.147. The van der Waals surface area contributed by atoms with Gasteiger partial charge in [0.15, 0.2) is 0 Å². The van der Waals surface area contributed by atoms with Crippen molar-refractivity contribution in [3.63, 3.8) is 0 Å². The molecule has 0 radical (unpaired) electrons. The van der Waals surface area contributed by atoms with Gasteiger partial charge in [-0.15, -0.1) is 0 Å². The Bertz CT molecular complexity index is 1230. The summed E-state index contributed by atoms with van der Waals surface area (Å²) >= 11 is 0. The molecule has 0 spiro atoms. The van der Waals surface area contributed by atoms with Crippen LogP contribution in [0.4, 0.5) is 0 Å². The van der Waals surface area contributed by atoms with Gasteiger partial charge in [0.05, 0.1) is 0 Å². The lowest BCUT2D eigenvalue weighted by Crippen LogP contribution is -2.25. The summed E-state index contributed by atoms with van der Waals surface area (Å²) in [6, 6.07) is 24.6. The Balaban J connectivity index is 1.59. The zero-order chi connectivity index (χ0) is 22.3. The maximum Gasteiger partial charge on any atom is 0.220 e. The van der Waals surface area contributed by atoms with Crippen molar-refractivity contribution in [1.82, 2.24) is 5.32 Å². The number of benzene rings is 4. The molecular weight excluding hydrogens is 394 g/mol. The van der Waals surface area contributed by atoms with E-state index in [0.717, 1.165) is 35.6 Å². The third-order valence-electron chi connectivity index (χ3n) is 6.13. The van der Waals surface area contributed by atoms with Crippen LogP contribution in [0.5, 0.6) is 5.75 Å². The third kappa shape index (κ3) is 5.11. The molecule has 0 aliphatic carbocycles. The first-order valence-corrected chi connectivity index (χ1v) is 11.7. The Morgan fingerprint density at radius 2 is 1.62 bits per heavy atom. The molecule has 4 aromatic carbocycles. The maximum absolute atomic E-state index is 12.3. The highest BCUT2D eigenvalue weighted by molar-refractivity contribution is 5.94. The lowest BCUT2D eigenvalue weighted by atomic mass is 9.91. The number of carbonyl (C=O) groups excluding carboxylic acids is 1. The Morgan fingerprint density at radius 1 is 0.844 bits per heavy atom. The summed E-state index contributed by atoms with van der Waals surface area (Å²) in [6.45, 7) is 2.82. The minimum Gasteiger partial charge on any atom is -0.508 e. The Kier molecular flexibility index (Phi) is 7.06. The number of phenolic OH excluding ortho intramolecular Hbond substituents is 1. The molecule has 4 rings (SSSR count). The van der Waals surface area contributed by atoms with E-state index in [-0.39, 0.29) is 11.7 Å². The summed E-state index contributed by atoms with van der Waals surface area (Å²) in [5.41, 5.74) is 3.60. The molecule has 3 nitrogen and oxygen atoms in total. The van der Waals surface area contributed by atoms with Crippen molar-refractivity contribution in [3.8, 4) is 16.9 Å². The van der Waals surface area contributed by atoms with Gasteiger partial charge in [-0.25, -0.2) is 0 Å². The quantitative estimate of drug-likeness (QED) is 0.284. The van der Waals surface area contributed by atoms with Crippen LogP contribution in [0.1, 0.15) is 44.6 Å². The molecule has 1 amide bonds. The predicted molar refractivity (Wildman–Crippen MR) is 134 cm³/mol. The molecule has 0 fully saturated rings. The van der Waals surface area contributed by atoms with Gasteiger partial charge < -0.3 is 10.4 Å². The number of nitrogens with one attached hydrogen (secondary N) is 1. The van der Waals surface area contributed by atoms with E-state index >= 15 is 0 Å². The van der Waals surface area contributed by atoms with Gasteiger partial charge in [0.2, 0.25) is 5.91 Å². The van der Waals surface area contributed by atoms with Crippen LogP contribution in [0.15, 0.2) is 72.8 Å². The smallest absolute Gasteiger partial charge is 0.220 e. The number of carbonyl (C=O) groups is 1. The fourth-order valence-corrected chi connectivity index (χ4v) is 4.40. The van der Waals surface area contributed by atoms with E-state index in [1.165, 1.54) is 34.7 Å². The van der Waals surface area contributed by atoms with Crippen molar-refractivity contribution in [2.24, 2.45) is 0 Å². The van der Waals surface area contributed by atoms with Gasteiger partial charge in [-0.1, -0.05) is 80.8 Å². The second kappa shape index (κ2) is 10.3. The number of amides is 1. The molecule has 0 saturated carbocycles. The van der Waals surface area contributed by atoms with Gasteiger partial charge in [0, 0.05) is 13.0 Å². The molecule has 3 heteroatoms. The Labute approximate surface area is 190 Å². The molecule has 0 atom stereocenters. The lowest BCUT2D eigenvalue weighted by Gasteiger charge is -2.15. The zero-order valence-corrected chi connectivity index (χ0v) is 18.7. The lowest BCUT2D eigenvalue weighted by molar-refractivity contribution is -0.121. The summed E-state index contributed by atoms with van der Waals surface area (Å²) in [5, 5.41) is 17.4. The van der Waals surface area contributed by atoms with E-state index in [9.17, 15) is 9.90 Å². The molecule has 0 aromatic heterocycles. The van der Waals surface area contributed by atoms with Crippen LogP contribution >= 0.6 is 0 Å². The van der Waals surface area contributed by atoms with Gasteiger partial charge >= 0.3 is 0 Å². The largest absolute Gasteiger partial charge is 0.508 e. The summed E-state index contributed by atoms with van der Waals surface area (Å²) in [5.74, 6) is 0.426. The number of unbranched alkanes of at least 4 members (excludes halogenated alkanes) is 3. The highest BCUT2D eigenvalue weighted by Crippen LogP contribution is 2.33. The summed E-state index contributed by atoms with van der Waals surface area (Å²) in [6.07, 6.45) is 5.85. The van der Waals surface area contributed by atoms with E-state index in [2.05, 4.69) is 66.8 Å². The van der Waals surface area contributed by atoms with Crippen LogP contribution in [0, 0.1) is 0 Å². The number of aromatic hydroxyl groups is 1. The topological polar surface area (TPSA) is 49.3 Å². The first-order chi connectivity index (χ1) is 15.7. The van der Waals surface area contributed by atoms with Crippen LogP contribution in [-0.2, 0) is 11.2 Å². The van der Waals surface area contributed by atoms with Crippen molar-refractivity contribution in [2.75, 3.05) is 6.54 Å². The second-order valence-electron chi connectivity index (χ2n) is 8.47. The van der Waals surface area contributed by atoms with Crippen LogP contribution in [0.25, 0.3) is 32.7 Å². The minimum atomic E-state index is 0.147. The molecule has 4 aromatic rings. The SMILES string of the molecule is CCCCCCC(=O)NCCc1c(-c2ccc3cc(O)ccc3c2)ccc2ccccc12. The highest BCUT2D eigenvalue weighted by Gasteiger charge is 2.11. The monoisotopic (exact) mass is 425 g/mol. The van der Waals surface area contributed by atoms with Crippen molar-refractivity contribution >= 4 is 27.5 Å². The van der Waals surface area contributed by atoms with Gasteiger partial charge in [-0.05, 0) is 69.3 Å². The van der Waals surface area contributed by atoms with Gasteiger partial charge in [0.1, 0.15) is 5.75 Å². The van der Waals surface area contributed by atoms with E-state index < -0.39 is 0 Å². The molecule has 2 N–H and O–H groups in total. The van der Waals surface area contributed by atoms with Crippen LogP contribution in [0.3, 0.4) is 0 Å². The van der Waals surface area contributed by atoms with Crippen LogP contribution < -0.4 is 5.32 Å². The molecule has 32 heavy (non-hydrogen) atoms. The van der Waals surface area contributed by atoms with Crippen molar-refractivity contribution in [2.45, 2.75) is 45.4 Å². The summed E-state index contributed by atoms with van der Waals surface area (Å²) in [7, 11) is 0. The Hall–Kier alpha value is -3.33. The van der Waals surface area contributed by atoms with Crippen molar-refractivity contribution in [3.05, 3.63) is 78.4 Å². The number of phenols is 1. The number of hydrogen-bond acceptors (Lipinski definition) is 2. The summed E-state index contributed by atoms with van der Waals surface area (Å²) in [4.78, 5) is 12.3. The third-order valence-corrected chi connectivity index (χ3v) is 6.13. The molecule has 0 aliphatic rings. The zero-order valence-electron chi connectivity index (χ0n) is 18.7. The molecule has 0 heterocycles. The molecule has 0 bridgehead atoms. The van der Waals surface area contributed by atoms with Gasteiger partial charge in [0.25, 0.3) is 0 Å². The first kappa shape index (κ1) is 21.9. The fourth-order valence-electron chi connectivity index (χ4n) is 4.40. The van der Waals surface area contributed by atoms with Gasteiger partial charge in [-0.2, -0.15) is 0 Å².